The number of aliphatic hydroxyl groups is 1. The standard InChI is InChI=1S/C22H37N5O2/c1-17-13-25(14-18(2)29-17)9-5-19-6-10-26(11-7-19)21-12-22(24-16-23-21)27-8-3-4-20(27)15-28/h12,16-20,28H,3-11,13-15H2,1-2H3. The lowest BCUT2D eigenvalue weighted by Gasteiger charge is -2.37. The van der Waals surface area contributed by atoms with E-state index >= 15 is 0 Å². The number of hydrogen-bond donors (Lipinski definition) is 1. The molecular weight excluding hydrogens is 366 g/mol. The Kier molecular flexibility index (Phi) is 6.88. The molecule has 7 heteroatoms. The number of aromatic nitrogens is 2. The van der Waals surface area contributed by atoms with E-state index in [9.17, 15) is 5.11 Å². The number of anilines is 2. The molecule has 0 amide bonds. The molecule has 4 rings (SSSR count). The molecule has 7 nitrogen and oxygen atoms in total. The lowest BCUT2D eigenvalue weighted by Crippen LogP contribution is -2.46. The molecule has 0 radical (unpaired) electrons. The zero-order valence-corrected chi connectivity index (χ0v) is 18.0. The van der Waals surface area contributed by atoms with Gasteiger partial charge in [0.2, 0.25) is 0 Å². The Morgan fingerprint density at radius 1 is 1.03 bits per heavy atom. The number of aliphatic hydroxyl groups excluding tert-OH is 1. The van der Waals surface area contributed by atoms with Gasteiger partial charge in [0.15, 0.2) is 0 Å². The fourth-order valence-electron chi connectivity index (χ4n) is 5.28. The van der Waals surface area contributed by atoms with E-state index in [1.807, 2.05) is 0 Å². The van der Waals surface area contributed by atoms with Gasteiger partial charge in [-0.05, 0) is 58.4 Å². The average molecular weight is 404 g/mol. The van der Waals surface area contributed by atoms with Crippen molar-refractivity contribution in [2.45, 2.75) is 64.2 Å². The molecule has 3 aliphatic rings. The smallest absolute Gasteiger partial charge is 0.134 e. The Balaban J connectivity index is 1.27. The molecule has 3 saturated heterocycles. The predicted molar refractivity (Wildman–Crippen MR) is 115 cm³/mol. The van der Waals surface area contributed by atoms with Gasteiger partial charge in [-0.15, -0.1) is 0 Å². The van der Waals surface area contributed by atoms with Crippen LogP contribution < -0.4 is 9.80 Å². The molecule has 0 spiro atoms. The van der Waals surface area contributed by atoms with E-state index in [4.69, 9.17) is 4.74 Å². The van der Waals surface area contributed by atoms with Gasteiger partial charge in [0, 0.05) is 38.8 Å². The summed E-state index contributed by atoms with van der Waals surface area (Å²) in [6.45, 7) is 11.0. The molecule has 3 atom stereocenters. The monoisotopic (exact) mass is 403 g/mol. The Morgan fingerprint density at radius 2 is 1.76 bits per heavy atom. The number of morpholine rings is 1. The molecule has 1 aromatic heterocycles. The van der Waals surface area contributed by atoms with Crippen LogP contribution in [0.15, 0.2) is 12.4 Å². The third-order valence-electron chi connectivity index (χ3n) is 6.81. The minimum absolute atomic E-state index is 0.200. The highest BCUT2D eigenvalue weighted by Gasteiger charge is 2.27. The molecule has 0 aromatic carbocycles. The highest BCUT2D eigenvalue weighted by molar-refractivity contribution is 5.51. The minimum atomic E-state index is 0.200. The first kappa shape index (κ1) is 20.8. The zero-order chi connectivity index (χ0) is 20.2. The molecule has 0 bridgehead atoms. The Morgan fingerprint density at radius 3 is 2.48 bits per heavy atom. The first-order valence-electron chi connectivity index (χ1n) is 11.4. The van der Waals surface area contributed by atoms with Crippen LogP contribution in [-0.2, 0) is 4.74 Å². The summed E-state index contributed by atoms with van der Waals surface area (Å²) in [5.74, 6) is 2.80. The quantitative estimate of drug-likeness (QED) is 0.781. The van der Waals surface area contributed by atoms with Crippen molar-refractivity contribution in [3.8, 4) is 0 Å². The van der Waals surface area contributed by atoms with Gasteiger partial charge in [-0.25, -0.2) is 9.97 Å². The molecule has 3 fully saturated rings. The second-order valence-electron chi connectivity index (χ2n) is 9.14. The van der Waals surface area contributed by atoms with Crippen molar-refractivity contribution in [2.24, 2.45) is 5.92 Å². The van der Waals surface area contributed by atoms with Gasteiger partial charge in [-0.3, -0.25) is 4.90 Å². The van der Waals surface area contributed by atoms with Gasteiger partial charge in [-0.2, -0.15) is 0 Å². The normalized spacial score (nSPS) is 29.6. The van der Waals surface area contributed by atoms with Crippen LogP contribution in [0.25, 0.3) is 0 Å². The summed E-state index contributed by atoms with van der Waals surface area (Å²) in [6.07, 6.45) is 8.31. The fraction of sp³-hybridized carbons (Fsp3) is 0.818. The van der Waals surface area contributed by atoms with Gasteiger partial charge in [0.05, 0.1) is 24.9 Å². The SMILES string of the molecule is CC1CN(CCC2CCN(c3cc(N4CCCC4CO)ncn3)CC2)CC(C)O1. The van der Waals surface area contributed by atoms with Gasteiger partial charge in [0.1, 0.15) is 18.0 Å². The molecule has 0 aliphatic carbocycles. The Hall–Kier alpha value is -1.44. The molecule has 0 saturated carbocycles. The van der Waals surface area contributed by atoms with Crippen LogP contribution in [0.1, 0.15) is 46.0 Å². The van der Waals surface area contributed by atoms with E-state index in [1.165, 1.54) is 25.8 Å². The maximum absolute atomic E-state index is 9.61. The first-order valence-corrected chi connectivity index (χ1v) is 11.4. The molecule has 3 aliphatic heterocycles. The summed E-state index contributed by atoms with van der Waals surface area (Å²) in [6, 6.07) is 2.32. The number of ether oxygens (including phenoxy) is 1. The van der Waals surface area contributed by atoms with Gasteiger partial charge in [0.25, 0.3) is 0 Å². The topological polar surface area (TPSA) is 65.0 Å². The van der Waals surface area contributed by atoms with Crippen molar-refractivity contribution in [1.82, 2.24) is 14.9 Å². The molecule has 162 valence electrons. The number of nitrogens with zero attached hydrogens (tertiary/aromatic N) is 5. The van der Waals surface area contributed by atoms with Crippen molar-refractivity contribution in [1.29, 1.82) is 0 Å². The van der Waals surface area contributed by atoms with E-state index in [0.29, 0.717) is 12.2 Å². The molecular formula is C22H37N5O2. The van der Waals surface area contributed by atoms with Crippen molar-refractivity contribution in [2.75, 3.05) is 55.7 Å². The van der Waals surface area contributed by atoms with E-state index in [0.717, 1.165) is 63.1 Å². The summed E-state index contributed by atoms with van der Waals surface area (Å²) in [4.78, 5) is 16.3. The summed E-state index contributed by atoms with van der Waals surface area (Å²) in [5.41, 5.74) is 0. The van der Waals surface area contributed by atoms with Crippen LogP contribution >= 0.6 is 0 Å². The third-order valence-corrected chi connectivity index (χ3v) is 6.81. The minimum Gasteiger partial charge on any atom is -0.394 e. The molecule has 29 heavy (non-hydrogen) atoms. The highest BCUT2D eigenvalue weighted by atomic mass is 16.5. The first-order chi connectivity index (χ1) is 14.1. The second kappa shape index (κ2) is 9.58. The highest BCUT2D eigenvalue weighted by Crippen LogP contribution is 2.28. The van der Waals surface area contributed by atoms with Gasteiger partial charge >= 0.3 is 0 Å². The predicted octanol–water partition coefficient (Wildman–Crippen LogP) is 2.15. The fourth-order valence-corrected chi connectivity index (χ4v) is 5.28. The van der Waals surface area contributed by atoms with Gasteiger partial charge in [-0.1, -0.05) is 0 Å². The lowest BCUT2D eigenvalue weighted by molar-refractivity contribution is -0.0690. The molecule has 4 heterocycles. The van der Waals surface area contributed by atoms with Crippen LogP contribution in [0, 0.1) is 5.92 Å². The van der Waals surface area contributed by atoms with Crippen molar-refractivity contribution < 1.29 is 9.84 Å². The molecule has 3 unspecified atom stereocenters. The van der Waals surface area contributed by atoms with E-state index in [1.54, 1.807) is 6.33 Å². The largest absolute Gasteiger partial charge is 0.394 e. The maximum Gasteiger partial charge on any atom is 0.134 e. The van der Waals surface area contributed by atoms with Crippen molar-refractivity contribution in [3.05, 3.63) is 12.4 Å². The molecule has 1 aromatic rings. The maximum atomic E-state index is 9.61. The summed E-state index contributed by atoms with van der Waals surface area (Å²) in [7, 11) is 0. The Labute approximate surface area is 175 Å². The zero-order valence-electron chi connectivity index (χ0n) is 18.0. The second-order valence-corrected chi connectivity index (χ2v) is 9.14. The van der Waals surface area contributed by atoms with Crippen LogP contribution in [0.5, 0.6) is 0 Å². The van der Waals surface area contributed by atoms with Gasteiger partial charge < -0.3 is 19.6 Å². The number of rotatable bonds is 6. The molecule has 1 N–H and O–H groups in total. The summed E-state index contributed by atoms with van der Waals surface area (Å²) >= 11 is 0. The van der Waals surface area contributed by atoms with Crippen LogP contribution in [0.3, 0.4) is 0 Å². The average Bonchev–Trinajstić information content (AvgIpc) is 3.21. The van der Waals surface area contributed by atoms with E-state index in [2.05, 4.69) is 44.6 Å². The van der Waals surface area contributed by atoms with Crippen molar-refractivity contribution in [3.63, 3.8) is 0 Å². The lowest BCUT2D eigenvalue weighted by atomic mass is 9.93. The summed E-state index contributed by atoms with van der Waals surface area (Å²) in [5, 5.41) is 9.61. The van der Waals surface area contributed by atoms with Crippen molar-refractivity contribution >= 4 is 11.6 Å². The summed E-state index contributed by atoms with van der Waals surface area (Å²) < 4.78 is 5.85. The van der Waals surface area contributed by atoms with Crippen LogP contribution in [0.2, 0.25) is 0 Å². The van der Waals surface area contributed by atoms with E-state index in [-0.39, 0.29) is 12.6 Å². The number of hydrogen-bond acceptors (Lipinski definition) is 7. The third kappa shape index (κ3) is 5.19. The number of piperidine rings is 1. The van der Waals surface area contributed by atoms with Crippen LogP contribution in [-0.4, -0.2) is 84.1 Å². The van der Waals surface area contributed by atoms with E-state index < -0.39 is 0 Å². The Bertz CT molecular complexity index is 642. The van der Waals surface area contributed by atoms with Crippen LogP contribution in [0.4, 0.5) is 11.6 Å².